The van der Waals surface area contributed by atoms with Gasteiger partial charge in [-0.25, -0.2) is 4.79 Å². The Balaban J connectivity index is 0.00000196. The van der Waals surface area contributed by atoms with E-state index in [-0.39, 0.29) is 37.0 Å². The predicted octanol–water partition coefficient (Wildman–Crippen LogP) is 1.61. The van der Waals surface area contributed by atoms with Gasteiger partial charge in [0, 0.05) is 25.9 Å². The molecule has 1 aromatic carbocycles. The number of carbonyl (C=O) groups excluding carboxylic acids is 2. The normalized spacial score (nSPS) is 21.3. The zero-order chi connectivity index (χ0) is 17.4. The van der Waals surface area contributed by atoms with Crippen LogP contribution in [0, 0.1) is 0 Å². The van der Waals surface area contributed by atoms with E-state index in [0.29, 0.717) is 6.54 Å². The minimum absolute atomic E-state index is 0. The molecule has 2 fully saturated rings. The zero-order valence-electron chi connectivity index (χ0n) is 15.1. The molecule has 2 heterocycles. The lowest BCUT2D eigenvalue weighted by Crippen LogP contribution is -2.47. The Kier molecular flexibility index (Phi) is 5.44. The summed E-state index contributed by atoms with van der Waals surface area (Å²) in [7, 11) is 1.85. The smallest absolute Gasteiger partial charge is 0.410 e. The lowest BCUT2D eigenvalue weighted by molar-refractivity contribution is -0.132. The molecule has 2 aliphatic heterocycles. The topological polar surface area (TPSA) is 61.9 Å². The van der Waals surface area contributed by atoms with Crippen molar-refractivity contribution in [3.63, 3.8) is 0 Å². The van der Waals surface area contributed by atoms with Gasteiger partial charge in [-0.15, -0.1) is 12.4 Å². The van der Waals surface area contributed by atoms with Crippen molar-refractivity contribution in [1.82, 2.24) is 15.1 Å². The average molecular weight is 380 g/mol. The molecular weight excluding hydrogens is 354 g/mol. The summed E-state index contributed by atoms with van der Waals surface area (Å²) in [5.41, 5.74) is 2.24. The number of amides is 2. The Labute approximate surface area is 160 Å². The summed E-state index contributed by atoms with van der Waals surface area (Å²) in [6, 6.07) is 8.53. The molecule has 2 saturated heterocycles. The minimum Gasteiger partial charge on any atom is -0.441 e. The number of ether oxygens (including phenoxy) is 1. The highest BCUT2D eigenvalue weighted by Gasteiger charge is 2.46. The number of nitrogens with one attached hydrogen (secondary N) is 1. The molecule has 1 aromatic rings. The summed E-state index contributed by atoms with van der Waals surface area (Å²) in [5.74, 6) is -0.0132. The molecule has 3 aliphatic rings. The average Bonchev–Trinajstić information content (AvgIpc) is 3.16. The molecule has 0 aromatic heterocycles. The van der Waals surface area contributed by atoms with Gasteiger partial charge in [-0.1, -0.05) is 24.3 Å². The van der Waals surface area contributed by atoms with Crippen molar-refractivity contribution in [3.05, 3.63) is 35.4 Å². The minimum atomic E-state index is -0.398. The first kappa shape index (κ1) is 19.0. The predicted molar refractivity (Wildman–Crippen MR) is 101 cm³/mol. The van der Waals surface area contributed by atoms with E-state index >= 15 is 0 Å². The van der Waals surface area contributed by atoms with E-state index in [1.165, 1.54) is 11.1 Å². The molecule has 1 N–H and O–H groups in total. The van der Waals surface area contributed by atoms with Gasteiger partial charge in [-0.05, 0) is 37.1 Å². The Hall–Kier alpha value is -1.79. The third-order valence-corrected chi connectivity index (χ3v) is 5.85. The molecule has 0 atom stereocenters. The first-order valence-electron chi connectivity index (χ1n) is 9.07. The van der Waals surface area contributed by atoms with Gasteiger partial charge in [0.15, 0.2) is 0 Å². The van der Waals surface area contributed by atoms with E-state index in [1.807, 2.05) is 19.2 Å². The van der Waals surface area contributed by atoms with Crippen LogP contribution in [0.3, 0.4) is 0 Å². The second kappa shape index (κ2) is 7.45. The van der Waals surface area contributed by atoms with Gasteiger partial charge in [0.05, 0.1) is 6.54 Å². The number of benzene rings is 1. The fourth-order valence-electron chi connectivity index (χ4n) is 4.25. The van der Waals surface area contributed by atoms with Crippen LogP contribution in [0.1, 0.15) is 24.0 Å². The standard InChI is InChI=1S/C19H25N3O3.ClH/c1-21(16-10-14-4-2-3-5-15(14)11-16)17(23)12-22-13-19(25-18(22)24)6-8-20-9-7-19;/h2-5,16,20H,6-13H2,1H3;1H. The molecule has 0 saturated carbocycles. The lowest BCUT2D eigenvalue weighted by atomic mass is 9.92. The number of rotatable bonds is 3. The molecule has 4 rings (SSSR count). The molecule has 26 heavy (non-hydrogen) atoms. The van der Waals surface area contributed by atoms with Gasteiger partial charge < -0.3 is 15.0 Å². The number of halogens is 1. The molecule has 2 amide bonds. The van der Waals surface area contributed by atoms with Gasteiger partial charge in [0.2, 0.25) is 5.91 Å². The van der Waals surface area contributed by atoms with Gasteiger partial charge in [-0.3, -0.25) is 9.69 Å². The van der Waals surface area contributed by atoms with Crippen LogP contribution < -0.4 is 5.32 Å². The van der Waals surface area contributed by atoms with Gasteiger partial charge in [-0.2, -0.15) is 0 Å². The molecule has 7 heteroatoms. The Morgan fingerprint density at radius 3 is 2.50 bits per heavy atom. The van der Waals surface area contributed by atoms with Crippen molar-refractivity contribution in [1.29, 1.82) is 0 Å². The number of hydrogen-bond donors (Lipinski definition) is 1. The van der Waals surface area contributed by atoms with Crippen LogP contribution >= 0.6 is 12.4 Å². The number of hydrogen-bond acceptors (Lipinski definition) is 4. The number of fused-ring (bicyclic) bond motifs is 1. The number of nitrogens with zero attached hydrogens (tertiary/aromatic N) is 2. The lowest BCUT2D eigenvalue weighted by Gasteiger charge is -2.31. The Morgan fingerprint density at radius 2 is 1.88 bits per heavy atom. The first-order valence-corrected chi connectivity index (χ1v) is 9.07. The maximum Gasteiger partial charge on any atom is 0.410 e. The number of likely N-dealkylation sites (N-methyl/N-ethyl adjacent to an activating group) is 1. The largest absolute Gasteiger partial charge is 0.441 e. The van der Waals surface area contributed by atoms with E-state index in [9.17, 15) is 9.59 Å². The van der Waals surface area contributed by atoms with Crippen molar-refractivity contribution in [2.75, 3.05) is 33.2 Å². The fourth-order valence-corrected chi connectivity index (χ4v) is 4.25. The van der Waals surface area contributed by atoms with Crippen LogP contribution in [0.2, 0.25) is 0 Å². The van der Waals surface area contributed by atoms with Crippen LogP contribution in [0.4, 0.5) is 4.79 Å². The molecule has 6 nitrogen and oxygen atoms in total. The van der Waals surface area contributed by atoms with Crippen molar-refractivity contribution < 1.29 is 14.3 Å². The summed E-state index contributed by atoms with van der Waals surface area (Å²) < 4.78 is 5.64. The Bertz CT molecular complexity index is 665. The summed E-state index contributed by atoms with van der Waals surface area (Å²) in [6.07, 6.45) is 3.06. The van der Waals surface area contributed by atoms with Crippen molar-refractivity contribution in [3.8, 4) is 0 Å². The highest BCUT2D eigenvalue weighted by atomic mass is 35.5. The highest BCUT2D eigenvalue weighted by molar-refractivity contribution is 5.85. The van der Waals surface area contributed by atoms with Crippen LogP contribution in [0.25, 0.3) is 0 Å². The number of piperidine rings is 1. The Morgan fingerprint density at radius 1 is 1.27 bits per heavy atom. The van der Waals surface area contributed by atoms with Crippen LogP contribution in [-0.4, -0.2) is 66.7 Å². The third-order valence-electron chi connectivity index (χ3n) is 5.85. The summed E-state index contributed by atoms with van der Waals surface area (Å²) in [4.78, 5) is 28.3. The van der Waals surface area contributed by atoms with E-state index < -0.39 is 5.60 Å². The summed E-state index contributed by atoms with van der Waals surface area (Å²) in [6.45, 7) is 2.35. The second-order valence-corrected chi connectivity index (χ2v) is 7.49. The van der Waals surface area contributed by atoms with Crippen molar-refractivity contribution in [2.45, 2.75) is 37.3 Å². The van der Waals surface area contributed by atoms with Crippen molar-refractivity contribution in [2.24, 2.45) is 0 Å². The maximum absolute atomic E-state index is 12.7. The summed E-state index contributed by atoms with van der Waals surface area (Å²) in [5, 5.41) is 3.29. The highest BCUT2D eigenvalue weighted by Crippen LogP contribution is 2.31. The molecule has 1 aliphatic carbocycles. The SMILES string of the molecule is CN(C(=O)CN1CC2(CCNCC2)OC1=O)C1Cc2ccccc2C1.Cl. The van der Waals surface area contributed by atoms with E-state index in [4.69, 9.17) is 4.74 Å². The van der Waals surface area contributed by atoms with E-state index in [2.05, 4.69) is 17.4 Å². The van der Waals surface area contributed by atoms with Gasteiger partial charge >= 0.3 is 6.09 Å². The van der Waals surface area contributed by atoms with Crippen molar-refractivity contribution >= 4 is 24.4 Å². The van der Waals surface area contributed by atoms with Crippen LogP contribution in [0.15, 0.2) is 24.3 Å². The summed E-state index contributed by atoms with van der Waals surface area (Å²) >= 11 is 0. The zero-order valence-corrected chi connectivity index (χ0v) is 15.9. The molecule has 142 valence electrons. The second-order valence-electron chi connectivity index (χ2n) is 7.49. The number of carbonyl (C=O) groups is 2. The van der Waals surface area contributed by atoms with E-state index in [0.717, 1.165) is 38.8 Å². The van der Waals surface area contributed by atoms with Crippen LogP contribution in [0.5, 0.6) is 0 Å². The first-order chi connectivity index (χ1) is 12.1. The van der Waals surface area contributed by atoms with Gasteiger partial charge in [0.1, 0.15) is 12.1 Å². The van der Waals surface area contributed by atoms with Crippen LogP contribution in [-0.2, 0) is 22.4 Å². The molecule has 1 spiro atoms. The molecule has 0 bridgehead atoms. The fraction of sp³-hybridized carbons (Fsp3) is 0.579. The quantitative estimate of drug-likeness (QED) is 0.866. The third kappa shape index (κ3) is 3.53. The van der Waals surface area contributed by atoms with Gasteiger partial charge in [0.25, 0.3) is 0 Å². The molecule has 0 radical (unpaired) electrons. The molecular formula is C19H26ClN3O3. The maximum atomic E-state index is 12.7. The monoisotopic (exact) mass is 379 g/mol. The molecule has 0 unspecified atom stereocenters. The van der Waals surface area contributed by atoms with E-state index in [1.54, 1.807) is 9.80 Å².